The summed E-state index contributed by atoms with van der Waals surface area (Å²) in [5, 5.41) is 18.4. The van der Waals surface area contributed by atoms with E-state index in [2.05, 4.69) is 0 Å². The predicted molar refractivity (Wildman–Crippen MR) is 56.8 cm³/mol. The smallest absolute Gasteiger partial charge is 0.273 e. The molecule has 1 aromatic rings. The van der Waals surface area contributed by atoms with E-state index in [1.54, 1.807) is 7.05 Å². The van der Waals surface area contributed by atoms with Gasteiger partial charge in [0.15, 0.2) is 5.75 Å². The minimum absolute atomic E-state index is 0.168. The number of pyridine rings is 1. The van der Waals surface area contributed by atoms with E-state index in [1.807, 2.05) is 6.92 Å². The van der Waals surface area contributed by atoms with Gasteiger partial charge in [-0.3, -0.25) is 9.59 Å². The summed E-state index contributed by atoms with van der Waals surface area (Å²) in [5.74, 6) is -1.07. The van der Waals surface area contributed by atoms with Crippen LogP contribution in [0.5, 0.6) is 5.75 Å². The van der Waals surface area contributed by atoms with E-state index in [-0.39, 0.29) is 5.69 Å². The third-order valence-corrected chi connectivity index (χ3v) is 2.14. The van der Waals surface area contributed by atoms with Crippen LogP contribution in [0.25, 0.3) is 0 Å². The lowest BCUT2D eigenvalue weighted by Gasteiger charge is -2.16. The largest absolute Gasteiger partial charge is 0.503 e. The fourth-order valence-corrected chi connectivity index (χ4v) is 1.31. The van der Waals surface area contributed by atoms with Gasteiger partial charge in [-0.2, -0.15) is 4.73 Å². The molecule has 1 aromatic heterocycles. The SMILES string of the molecule is CCCN(C)C(=O)c1cc(=O)c(O)cn1O. The molecular formula is C10H14N2O4. The van der Waals surface area contributed by atoms with E-state index in [1.165, 1.54) is 4.90 Å². The molecule has 0 spiro atoms. The molecule has 0 saturated carbocycles. The van der Waals surface area contributed by atoms with Gasteiger partial charge >= 0.3 is 0 Å². The first-order chi connectivity index (χ1) is 7.47. The van der Waals surface area contributed by atoms with E-state index in [4.69, 9.17) is 5.11 Å². The maximum Gasteiger partial charge on any atom is 0.273 e. The van der Waals surface area contributed by atoms with Gasteiger partial charge in [-0.15, -0.1) is 0 Å². The Morgan fingerprint density at radius 3 is 2.75 bits per heavy atom. The van der Waals surface area contributed by atoms with Crippen molar-refractivity contribution < 1.29 is 15.1 Å². The number of carbonyl (C=O) groups is 1. The van der Waals surface area contributed by atoms with Gasteiger partial charge < -0.3 is 15.2 Å². The molecule has 0 saturated heterocycles. The van der Waals surface area contributed by atoms with Crippen molar-refractivity contribution in [2.75, 3.05) is 13.6 Å². The molecule has 0 aliphatic rings. The maximum absolute atomic E-state index is 11.7. The maximum atomic E-state index is 11.7. The fraction of sp³-hybridized carbons (Fsp3) is 0.400. The number of rotatable bonds is 3. The third-order valence-electron chi connectivity index (χ3n) is 2.14. The highest BCUT2D eigenvalue weighted by Gasteiger charge is 2.16. The van der Waals surface area contributed by atoms with Gasteiger partial charge in [0.05, 0.1) is 6.20 Å². The quantitative estimate of drug-likeness (QED) is 0.725. The Balaban J connectivity index is 3.09. The summed E-state index contributed by atoms with van der Waals surface area (Å²) in [4.78, 5) is 24.3. The molecule has 0 aliphatic heterocycles. The zero-order valence-electron chi connectivity index (χ0n) is 9.17. The first-order valence-electron chi connectivity index (χ1n) is 4.87. The van der Waals surface area contributed by atoms with E-state index >= 15 is 0 Å². The summed E-state index contributed by atoms with van der Waals surface area (Å²) in [7, 11) is 1.57. The minimum atomic E-state index is -0.696. The van der Waals surface area contributed by atoms with Crippen molar-refractivity contribution in [1.29, 1.82) is 0 Å². The van der Waals surface area contributed by atoms with Crippen LogP contribution < -0.4 is 5.43 Å². The number of nitrogens with zero attached hydrogens (tertiary/aromatic N) is 2. The number of aromatic nitrogens is 1. The molecule has 1 heterocycles. The van der Waals surface area contributed by atoms with Crippen LogP contribution in [0.3, 0.4) is 0 Å². The Bertz CT molecular complexity index is 453. The van der Waals surface area contributed by atoms with Crippen molar-refractivity contribution >= 4 is 5.91 Å². The number of hydrogen-bond acceptors (Lipinski definition) is 4. The summed E-state index contributed by atoms with van der Waals surface area (Å²) in [6, 6.07) is 0.907. The Morgan fingerprint density at radius 2 is 2.19 bits per heavy atom. The average molecular weight is 226 g/mol. The van der Waals surface area contributed by atoms with Gasteiger partial charge in [-0.1, -0.05) is 6.92 Å². The molecule has 0 unspecified atom stereocenters. The van der Waals surface area contributed by atoms with Crippen molar-refractivity contribution in [3.05, 3.63) is 28.2 Å². The molecule has 0 bridgehead atoms. The molecule has 6 heteroatoms. The summed E-state index contributed by atoms with van der Waals surface area (Å²) >= 11 is 0. The van der Waals surface area contributed by atoms with Gasteiger partial charge in [0, 0.05) is 19.7 Å². The summed E-state index contributed by atoms with van der Waals surface area (Å²) in [6.07, 6.45) is 1.57. The minimum Gasteiger partial charge on any atom is -0.503 e. The van der Waals surface area contributed by atoms with Gasteiger partial charge in [-0.05, 0) is 6.42 Å². The van der Waals surface area contributed by atoms with Crippen LogP contribution in [0.1, 0.15) is 23.8 Å². The van der Waals surface area contributed by atoms with Crippen molar-refractivity contribution in [3.63, 3.8) is 0 Å². The zero-order valence-corrected chi connectivity index (χ0v) is 9.17. The Labute approximate surface area is 92.3 Å². The van der Waals surface area contributed by atoms with Crippen LogP contribution in [0.4, 0.5) is 0 Å². The van der Waals surface area contributed by atoms with Crippen LogP contribution in [0.2, 0.25) is 0 Å². The second kappa shape index (κ2) is 4.69. The van der Waals surface area contributed by atoms with Crippen LogP contribution in [-0.2, 0) is 0 Å². The van der Waals surface area contributed by atoms with E-state index < -0.39 is 17.1 Å². The lowest BCUT2D eigenvalue weighted by Crippen LogP contribution is -2.30. The van der Waals surface area contributed by atoms with Gasteiger partial charge in [0.2, 0.25) is 5.43 Å². The van der Waals surface area contributed by atoms with Crippen molar-refractivity contribution in [1.82, 2.24) is 9.63 Å². The molecule has 16 heavy (non-hydrogen) atoms. The highest BCUT2D eigenvalue weighted by Crippen LogP contribution is 2.05. The third kappa shape index (κ3) is 2.33. The predicted octanol–water partition coefficient (Wildman–Crippen LogP) is 0.273. The van der Waals surface area contributed by atoms with Crippen molar-refractivity contribution in [2.24, 2.45) is 0 Å². The van der Waals surface area contributed by atoms with Crippen LogP contribution in [-0.4, -0.2) is 39.4 Å². The lowest BCUT2D eigenvalue weighted by molar-refractivity contribution is 0.0738. The van der Waals surface area contributed by atoms with E-state index in [9.17, 15) is 14.8 Å². The summed E-state index contributed by atoms with van der Waals surface area (Å²) in [6.45, 7) is 2.43. The fourth-order valence-electron chi connectivity index (χ4n) is 1.31. The number of hydrogen-bond donors (Lipinski definition) is 2. The van der Waals surface area contributed by atoms with Gasteiger partial charge in [-0.25, -0.2) is 0 Å². The lowest BCUT2D eigenvalue weighted by atomic mass is 10.3. The average Bonchev–Trinajstić information content (AvgIpc) is 2.23. The molecular weight excluding hydrogens is 212 g/mol. The Hall–Kier alpha value is -1.98. The first kappa shape index (κ1) is 12.1. The van der Waals surface area contributed by atoms with Crippen molar-refractivity contribution in [2.45, 2.75) is 13.3 Å². The zero-order chi connectivity index (χ0) is 12.3. The first-order valence-corrected chi connectivity index (χ1v) is 4.87. The van der Waals surface area contributed by atoms with Crippen LogP contribution >= 0.6 is 0 Å². The second-order valence-corrected chi connectivity index (χ2v) is 3.48. The molecule has 0 fully saturated rings. The number of aromatic hydroxyl groups is 1. The molecule has 0 aliphatic carbocycles. The number of amides is 1. The van der Waals surface area contributed by atoms with Crippen LogP contribution in [0, 0.1) is 0 Å². The van der Waals surface area contributed by atoms with Crippen LogP contribution in [0.15, 0.2) is 17.1 Å². The van der Waals surface area contributed by atoms with E-state index in [0.29, 0.717) is 11.3 Å². The van der Waals surface area contributed by atoms with Gasteiger partial charge in [0.25, 0.3) is 5.91 Å². The Morgan fingerprint density at radius 1 is 1.56 bits per heavy atom. The molecule has 6 nitrogen and oxygen atoms in total. The summed E-state index contributed by atoms with van der Waals surface area (Å²) < 4.78 is 0.450. The molecule has 1 rings (SSSR count). The highest BCUT2D eigenvalue weighted by atomic mass is 16.5. The highest BCUT2D eigenvalue weighted by molar-refractivity contribution is 5.92. The standard InChI is InChI=1S/C10H14N2O4/c1-3-4-11(2)10(15)7-5-8(13)9(14)6-12(7)16/h5-6,14,16H,3-4H2,1-2H3. The number of carbonyl (C=O) groups excluding carboxylic acids is 1. The summed E-state index contributed by atoms with van der Waals surface area (Å²) in [5.41, 5.74) is -0.864. The van der Waals surface area contributed by atoms with Gasteiger partial charge in [0.1, 0.15) is 5.69 Å². The molecule has 1 amide bonds. The Kier molecular flexibility index (Phi) is 3.55. The van der Waals surface area contributed by atoms with Crippen molar-refractivity contribution in [3.8, 4) is 5.75 Å². The topological polar surface area (TPSA) is 82.8 Å². The second-order valence-electron chi connectivity index (χ2n) is 3.48. The molecule has 0 radical (unpaired) electrons. The monoisotopic (exact) mass is 226 g/mol. The molecule has 0 aromatic carbocycles. The van der Waals surface area contributed by atoms with E-state index in [0.717, 1.165) is 18.7 Å². The molecule has 0 atom stereocenters. The normalized spacial score (nSPS) is 10.1. The molecule has 88 valence electrons. The molecule has 2 N–H and O–H groups in total.